The van der Waals surface area contributed by atoms with Gasteiger partial charge in [0, 0.05) is 5.41 Å². The van der Waals surface area contributed by atoms with Crippen molar-refractivity contribution in [2.45, 2.75) is 64.7 Å². The highest BCUT2D eigenvalue weighted by molar-refractivity contribution is 5.32. The van der Waals surface area contributed by atoms with Gasteiger partial charge in [-0.25, -0.2) is 0 Å². The summed E-state index contributed by atoms with van der Waals surface area (Å²) in [6, 6.07) is 8.67. The minimum absolute atomic E-state index is 0.195. The summed E-state index contributed by atoms with van der Waals surface area (Å²) >= 11 is 0. The van der Waals surface area contributed by atoms with Crippen molar-refractivity contribution in [1.82, 2.24) is 0 Å². The zero-order valence-corrected chi connectivity index (χ0v) is 13.2. The van der Waals surface area contributed by atoms with Crippen LogP contribution in [0.3, 0.4) is 0 Å². The number of hydrogen-bond donors (Lipinski definition) is 0. The molecule has 3 saturated carbocycles. The highest BCUT2D eigenvalue weighted by Gasteiger charge is 2.40. The van der Waals surface area contributed by atoms with E-state index in [9.17, 15) is 0 Å². The fourth-order valence-corrected chi connectivity index (χ4v) is 3.84. The summed E-state index contributed by atoms with van der Waals surface area (Å²) in [7, 11) is 0. The molecule has 3 fully saturated rings. The normalized spacial score (nSPS) is 29.4. The van der Waals surface area contributed by atoms with Gasteiger partial charge in [0.25, 0.3) is 0 Å². The van der Waals surface area contributed by atoms with Crippen LogP contribution in [0, 0.1) is 11.3 Å². The molecule has 0 heterocycles. The van der Waals surface area contributed by atoms with Gasteiger partial charge < -0.3 is 4.74 Å². The third-order valence-corrected chi connectivity index (χ3v) is 5.49. The summed E-state index contributed by atoms with van der Waals surface area (Å²) in [5.74, 6) is 2.08. The summed E-state index contributed by atoms with van der Waals surface area (Å²) in [5.41, 5.74) is 2.05. The molecule has 3 aliphatic carbocycles. The predicted octanol–water partition coefficient (Wildman–Crippen LogP) is 5.33. The number of rotatable bonds is 3. The van der Waals surface area contributed by atoms with Gasteiger partial charge >= 0.3 is 0 Å². The Kier molecular flexibility index (Phi) is 3.56. The molecule has 3 aliphatic rings. The molecule has 0 saturated heterocycles. The van der Waals surface area contributed by atoms with Crippen molar-refractivity contribution in [3.8, 4) is 5.75 Å². The summed E-state index contributed by atoms with van der Waals surface area (Å²) in [6.07, 6.45) is 8.46. The first-order valence-corrected chi connectivity index (χ1v) is 8.20. The fraction of sp³-hybridized carbons (Fsp3) is 0.684. The molecule has 2 bridgehead atoms. The van der Waals surface area contributed by atoms with Gasteiger partial charge in [0.15, 0.2) is 0 Å². The Balaban J connectivity index is 1.66. The molecule has 0 atom stereocenters. The molecular weight excluding hydrogens is 244 g/mol. The average molecular weight is 272 g/mol. The highest BCUT2D eigenvalue weighted by Crippen LogP contribution is 2.50. The Morgan fingerprint density at radius 3 is 2.35 bits per heavy atom. The smallest absolute Gasteiger partial charge is 0.119 e. The van der Waals surface area contributed by atoms with Crippen LogP contribution in [0.5, 0.6) is 5.75 Å². The van der Waals surface area contributed by atoms with Gasteiger partial charge in [-0.2, -0.15) is 0 Å². The van der Waals surface area contributed by atoms with Crippen LogP contribution in [0.4, 0.5) is 0 Å². The van der Waals surface area contributed by atoms with E-state index in [1.807, 2.05) is 0 Å². The van der Waals surface area contributed by atoms with E-state index in [0.29, 0.717) is 5.41 Å². The summed E-state index contributed by atoms with van der Waals surface area (Å²) in [6.45, 7) is 7.70. The minimum atomic E-state index is 0.195. The molecule has 0 aliphatic heterocycles. The first kappa shape index (κ1) is 14.0. The van der Waals surface area contributed by atoms with E-state index in [-0.39, 0.29) is 5.41 Å². The van der Waals surface area contributed by atoms with Gasteiger partial charge in [0.05, 0.1) is 6.61 Å². The second-order valence-corrected chi connectivity index (χ2v) is 8.05. The molecule has 0 aromatic heterocycles. The Hall–Kier alpha value is -0.980. The number of hydrogen-bond acceptors (Lipinski definition) is 1. The summed E-state index contributed by atoms with van der Waals surface area (Å²) in [4.78, 5) is 0. The van der Waals surface area contributed by atoms with Crippen LogP contribution in [0.2, 0.25) is 0 Å². The molecule has 20 heavy (non-hydrogen) atoms. The van der Waals surface area contributed by atoms with Crippen LogP contribution < -0.4 is 4.74 Å². The van der Waals surface area contributed by atoms with E-state index in [1.54, 1.807) is 0 Å². The molecule has 110 valence electrons. The molecule has 0 radical (unpaired) electrons. The fourth-order valence-electron chi connectivity index (χ4n) is 3.84. The monoisotopic (exact) mass is 272 g/mol. The van der Waals surface area contributed by atoms with Gasteiger partial charge in [-0.3, -0.25) is 0 Å². The van der Waals surface area contributed by atoms with E-state index in [0.717, 1.165) is 18.3 Å². The van der Waals surface area contributed by atoms with Crippen molar-refractivity contribution in [1.29, 1.82) is 0 Å². The quantitative estimate of drug-likeness (QED) is 0.722. The van der Waals surface area contributed by atoms with Crippen LogP contribution in [0.1, 0.15) is 64.9 Å². The molecule has 1 nitrogen and oxygen atoms in total. The molecule has 0 unspecified atom stereocenters. The zero-order valence-electron chi connectivity index (χ0n) is 13.2. The molecule has 1 heteroatoms. The van der Waals surface area contributed by atoms with Crippen molar-refractivity contribution in [2.75, 3.05) is 6.61 Å². The van der Waals surface area contributed by atoms with E-state index in [2.05, 4.69) is 45.0 Å². The number of ether oxygens (including phenoxy) is 1. The van der Waals surface area contributed by atoms with Crippen LogP contribution in [0.15, 0.2) is 24.3 Å². The van der Waals surface area contributed by atoms with Gasteiger partial charge in [-0.05, 0) is 67.6 Å². The van der Waals surface area contributed by atoms with E-state index < -0.39 is 0 Å². The summed E-state index contributed by atoms with van der Waals surface area (Å²) < 4.78 is 6.20. The Morgan fingerprint density at radius 1 is 1.10 bits per heavy atom. The van der Waals surface area contributed by atoms with Crippen molar-refractivity contribution in [2.24, 2.45) is 11.3 Å². The minimum Gasteiger partial charge on any atom is -0.493 e. The molecular formula is C19H28O. The topological polar surface area (TPSA) is 9.23 Å². The molecule has 4 rings (SSSR count). The van der Waals surface area contributed by atoms with Crippen molar-refractivity contribution in [3.05, 3.63) is 29.8 Å². The van der Waals surface area contributed by atoms with Crippen LogP contribution in [-0.2, 0) is 5.41 Å². The second-order valence-electron chi connectivity index (χ2n) is 8.05. The van der Waals surface area contributed by atoms with Crippen molar-refractivity contribution >= 4 is 0 Å². The SMILES string of the molecule is CC(C)(C)c1cccc(OCC23CCC(CC2)CC3)c1. The third kappa shape index (κ3) is 2.87. The Morgan fingerprint density at radius 2 is 1.75 bits per heavy atom. The number of fused-ring (bicyclic) bond motifs is 3. The van der Waals surface area contributed by atoms with Crippen LogP contribution in [0.25, 0.3) is 0 Å². The van der Waals surface area contributed by atoms with Gasteiger partial charge in [0.1, 0.15) is 5.75 Å². The van der Waals surface area contributed by atoms with Crippen molar-refractivity contribution in [3.63, 3.8) is 0 Å². The molecule has 1 aromatic carbocycles. The van der Waals surface area contributed by atoms with Gasteiger partial charge in [-0.1, -0.05) is 32.9 Å². The standard InChI is InChI=1S/C19H28O/c1-18(2,3)16-5-4-6-17(13-16)20-14-19-10-7-15(8-11-19)9-12-19/h4-6,13,15H,7-12,14H2,1-3H3. The Bertz CT molecular complexity index is 447. The summed E-state index contributed by atoms with van der Waals surface area (Å²) in [5, 5.41) is 0. The lowest BCUT2D eigenvalue weighted by Crippen LogP contribution is -2.38. The van der Waals surface area contributed by atoms with Crippen LogP contribution >= 0.6 is 0 Å². The zero-order chi connectivity index (χ0) is 14.2. The number of benzene rings is 1. The van der Waals surface area contributed by atoms with E-state index in [1.165, 1.54) is 44.1 Å². The van der Waals surface area contributed by atoms with Crippen LogP contribution in [-0.4, -0.2) is 6.61 Å². The maximum absolute atomic E-state index is 6.20. The van der Waals surface area contributed by atoms with Crippen molar-refractivity contribution < 1.29 is 4.74 Å². The van der Waals surface area contributed by atoms with E-state index >= 15 is 0 Å². The lowest BCUT2D eigenvalue weighted by molar-refractivity contribution is 0.0191. The highest BCUT2D eigenvalue weighted by atomic mass is 16.5. The maximum atomic E-state index is 6.20. The first-order valence-electron chi connectivity index (χ1n) is 8.20. The van der Waals surface area contributed by atoms with Gasteiger partial charge in [-0.15, -0.1) is 0 Å². The van der Waals surface area contributed by atoms with E-state index in [4.69, 9.17) is 4.74 Å². The first-order chi connectivity index (χ1) is 9.47. The predicted molar refractivity (Wildman–Crippen MR) is 84.3 cm³/mol. The second kappa shape index (κ2) is 5.09. The lowest BCUT2D eigenvalue weighted by Gasteiger charge is -2.46. The Labute approximate surface area is 123 Å². The largest absolute Gasteiger partial charge is 0.493 e. The molecule has 0 N–H and O–H groups in total. The third-order valence-electron chi connectivity index (χ3n) is 5.49. The van der Waals surface area contributed by atoms with Gasteiger partial charge in [0.2, 0.25) is 0 Å². The molecule has 1 aromatic rings. The molecule has 0 spiro atoms. The maximum Gasteiger partial charge on any atom is 0.119 e. The lowest BCUT2D eigenvalue weighted by atomic mass is 9.61. The average Bonchev–Trinajstić information content (AvgIpc) is 2.47. The molecule has 0 amide bonds.